The van der Waals surface area contributed by atoms with Crippen molar-refractivity contribution in [2.45, 2.75) is 77.2 Å². The summed E-state index contributed by atoms with van der Waals surface area (Å²) in [6, 6.07) is 12.7. The molecule has 2 aromatic rings. The molecule has 1 fully saturated rings. The van der Waals surface area contributed by atoms with Crippen LogP contribution < -0.4 is 0 Å². The van der Waals surface area contributed by atoms with Crippen molar-refractivity contribution in [2.75, 3.05) is 7.11 Å². The molecule has 29 heavy (non-hydrogen) atoms. The highest BCUT2D eigenvalue weighted by Crippen LogP contribution is 2.44. The van der Waals surface area contributed by atoms with E-state index in [1.54, 1.807) is 0 Å². The van der Waals surface area contributed by atoms with E-state index in [1.807, 2.05) is 13.0 Å². The van der Waals surface area contributed by atoms with Gasteiger partial charge in [0.2, 0.25) is 0 Å². The highest BCUT2D eigenvalue weighted by Gasteiger charge is 2.36. The highest BCUT2D eigenvalue weighted by molar-refractivity contribution is 5.91. The number of aliphatic hydroxyl groups is 1. The van der Waals surface area contributed by atoms with Crippen molar-refractivity contribution in [2.24, 2.45) is 0 Å². The molecule has 1 N–H and O–H groups in total. The van der Waals surface area contributed by atoms with Crippen LogP contribution in [0.3, 0.4) is 0 Å². The molecule has 0 spiro atoms. The van der Waals surface area contributed by atoms with E-state index in [2.05, 4.69) is 51.1 Å². The smallest absolute Gasteiger partial charge is 0.338 e. The van der Waals surface area contributed by atoms with Gasteiger partial charge in [0, 0.05) is 5.41 Å². The molecule has 0 aromatic heterocycles. The Morgan fingerprint density at radius 3 is 2.03 bits per heavy atom. The first-order valence-electron chi connectivity index (χ1n) is 10.8. The summed E-state index contributed by atoms with van der Waals surface area (Å²) in [6.45, 7) is 8.54. The minimum Gasteiger partial charge on any atom is -0.465 e. The number of rotatable bonds is 6. The van der Waals surface area contributed by atoms with E-state index in [4.69, 9.17) is 4.74 Å². The van der Waals surface area contributed by atoms with Crippen molar-refractivity contribution >= 4 is 5.97 Å². The standard InChI is InChI=1S/C26H34O3/c1-6-25(7-2,20-10-12-22(18(3)16-20)24(27)29-5)21-11-13-23(19(4)17-21)26(28)14-8-9-15-26/h10-13,16-17,28H,6-9,14-15H2,1-5H3. The van der Waals surface area contributed by atoms with E-state index in [0.29, 0.717) is 5.56 Å². The number of aryl methyl sites for hydroxylation is 2. The summed E-state index contributed by atoms with van der Waals surface area (Å²) in [4.78, 5) is 12.0. The van der Waals surface area contributed by atoms with Gasteiger partial charge in [0.1, 0.15) is 0 Å². The van der Waals surface area contributed by atoms with Crippen molar-refractivity contribution in [1.82, 2.24) is 0 Å². The predicted octanol–water partition coefficient (Wildman–Crippen LogP) is 5.96. The summed E-state index contributed by atoms with van der Waals surface area (Å²) < 4.78 is 4.90. The Bertz CT molecular complexity index is 887. The number of methoxy groups -OCH3 is 1. The van der Waals surface area contributed by atoms with Gasteiger partial charge in [0.05, 0.1) is 18.3 Å². The van der Waals surface area contributed by atoms with Crippen LogP contribution in [0.2, 0.25) is 0 Å². The van der Waals surface area contributed by atoms with Crippen LogP contribution >= 0.6 is 0 Å². The second-order valence-electron chi connectivity index (χ2n) is 8.58. The fourth-order valence-electron chi connectivity index (χ4n) is 5.25. The quantitative estimate of drug-likeness (QED) is 0.615. The zero-order valence-electron chi connectivity index (χ0n) is 18.5. The van der Waals surface area contributed by atoms with Crippen molar-refractivity contribution in [3.05, 3.63) is 69.8 Å². The Labute approximate surface area is 175 Å². The van der Waals surface area contributed by atoms with E-state index < -0.39 is 5.60 Å². The third-order valence-corrected chi connectivity index (χ3v) is 7.10. The molecule has 3 heteroatoms. The first-order valence-corrected chi connectivity index (χ1v) is 10.8. The Morgan fingerprint density at radius 2 is 1.55 bits per heavy atom. The summed E-state index contributed by atoms with van der Waals surface area (Å²) in [5, 5.41) is 11.1. The van der Waals surface area contributed by atoms with Gasteiger partial charge < -0.3 is 9.84 Å². The van der Waals surface area contributed by atoms with Gasteiger partial charge in [-0.2, -0.15) is 0 Å². The maximum atomic E-state index is 12.0. The van der Waals surface area contributed by atoms with Crippen LogP contribution in [0.25, 0.3) is 0 Å². The third kappa shape index (κ3) is 3.73. The van der Waals surface area contributed by atoms with E-state index in [0.717, 1.165) is 49.7 Å². The summed E-state index contributed by atoms with van der Waals surface area (Å²) in [7, 11) is 1.42. The van der Waals surface area contributed by atoms with Gasteiger partial charge in [-0.3, -0.25) is 0 Å². The van der Waals surface area contributed by atoms with Crippen molar-refractivity contribution < 1.29 is 14.6 Å². The topological polar surface area (TPSA) is 46.5 Å². The Morgan fingerprint density at radius 1 is 1.00 bits per heavy atom. The van der Waals surface area contributed by atoms with Gasteiger partial charge in [0.25, 0.3) is 0 Å². The Hall–Kier alpha value is -2.13. The number of esters is 1. The fourth-order valence-corrected chi connectivity index (χ4v) is 5.25. The lowest BCUT2D eigenvalue weighted by atomic mass is 9.69. The zero-order valence-corrected chi connectivity index (χ0v) is 18.5. The Balaban J connectivity index is 2.06. The molecular formula is C26H34O3. The summed E-state index contributed by atoms with van der Waals surface area (Å²) in [5.41, 5.74) is 5.51. The average molecular weight is 395 g/mol. The van der Waals surface area contributed by atoms with Crippen LogP contribution in [0.1, 0.15) is 90.5 Å². The molecular weight excluding hydrogens is 360 g/mol. The Kier molecular flexibility index (Phi) is 6.19. The normalized spacial score (nSPS) is 16.1. The molecule has 1 aliphatic carbocycles. The van der Waals surface area contributed by atoms with Crippen molar-refractivity contribution in [3.63, 3.8) is 0 Å². The third-order valence-electron chi connectivity index (χ3n) is 7.10. The largest absolute Gasteiger partial charge is 0.465 e. The molecule has 156 valence electrons. The van der Waals surface area contributed by atoms with Crippen LogP contribution in [-0.2, 0) is 15.8 Å². The van der Waals surface area contributed by atoms with Crippen LogP contribution in [0.5, 0.6) is 0 Å². The summed E-state index contributed by atoms with van der Waals surface area (Å²) in [5.74, 6) is -0.294. The van der Waals surface area contributed by atoms with E-state index in [-0.39, 0.29) is 11.4 Å². The molecule has 0 heterocycles. The van der Waals surface area contributed by atoms with Crippen LogP contribution in [-0.4, -0.2) is 18.2 Å². The molecule has 1 aliphatic rings. The minimum atomic E-state index is -0.664. The molecule has 3 nitrogen and oxygen atoms in total. The second-order valence-corrected chi connectivity index (χ2v) is 8.58. The summed E-state index contributed by atoms with van der Waals surface area (Å²) in [6.07, 6.45) is 5.82. The number of hydrogen-bond acceptors (Lipinski definition) is 3. The average Bonchev–Trinajstić information content (AvgIpc) is 3.16. The van der Waals surface area contributed by atoms with Gasteiger partial charge >= 0.3 is 5.97 Å². The second kappa shape index (κ2) is 8.31. The lowest BCUT2D eigenvalue weighted by molar-refractivity contribution is 0.0438. The molecule has 0 amide bonds. The maximum Gasteiger partial charge on any atom is 0.338 e. The zero-order chi connectivity index (χ0) is 21.2. The number of hydrogen-bond donors (Lipinski definition) is 1. The lowest BCUT2D eigenvalue weighted by Gasteiger charge is -2.35. The van der Waals surface area contributed by atoms with E-state index in [1.165, 1.54) is 23.8 Å². The lowest BCUT2D eigenvalue weighted by Crippen LogP contribution is -2.28. The first-order chi connectivity index (χ1) is 13.8. The molecule has 2 aromatic carbocycles. The summed E-state index contributed by atoms with van der Waals surface area (Å²) >= 11 is 0. The SMILES string of the molecule is CCC(CC)(c1ccc(C(=O)OC)c(C)c1)c1ccc(C2(O)CCCC2)c(C)c1. The first kappa shape index (κ1) is 21.6. The number of carbonyl (C=O) groups excluding carboxylic acids is 1. The van der Waals surface area contributed by atoms with Gasteiger partial charge in [-0.1, -0.05) is 57.0 Å². The molecule has 0 radical (unpaired) electrons. The molecule has 0 saturated heterocycles. The number of ether oxygens (including phenoxy) is 1. The van der Waals surface area contributed by atoms with E-state index in [9.17, 15) is 9.90 Å². The molecule has 0 atom stereocenters. The minimum absolute atomic E-state index is 0.124. The monoisotopic (exact) mass is 394 g/mol. The molecule has 3 rings (SSSR count). The van der Waals surface area contributed by atoms with E-state index >= 15 is 0 Å². The van der Waals surface area contributed by atoms with Crippen LogP contribution in [0.15, 0.2) is 36.4 Å². The highest BCUT2D eigenvalue weighted by atomic mass is 16.5. The molecule has 1 saturated carbocycles. The maximum absolute atomic E-state index is 12.0. The van der Waals surface area contributed by atoms with Crippen molar-refractivity contribution in [3.8, 4) is 0 Å². The molecule has 0 aliphatic heterocycles. The number of benzene rings is 2. The fraction of sp³-hybridized carbons (Fsp3) is 0.500. The predicted molar refractivity (Wildman–Crippen MR) is 117 cm³/mol. The van der Waals surface area contributed by atoms with Gasteiger partial charge in [-0.15, -0.1) is 0 Å². The molecule has 0 bridgehead atoms. The van der Waals surface area contributed by atoms with Crippen molar-refractivity contribution in [1.29, 1.82) is 0 Å². The van der Waals surface area contributed by atoms with Crippen LogP contribution in [0.4, 0.5) is 0 Å². The number of carbonyl (C=O) groups is 1. The van der Waals surface area contributed by atoms with Crippen LogP contribution in [0, 0.1) is 13.8 Å². The van der Waals surface area contributed by atoms with Gasteiger partial charge in [0.15, 0.2) is 0 Å². The van der Waals surface area contributed by atoms with Gasteiger partial charge in [-0.25, -0.2) is 4.79 Å². The van der Waals surface area contributed by atoms with Gasteiger partial charge in [-0.05, 0) is 73.4 Å². The molecule has 0 unspecified atom stereocenters.